The van der Waals surface area contributed by atoms with E-state index in [0.717, 1.165) is 32.1 Å². The fourth-order valence-corrected chi connectivity index (χ4v) is 5.09. The van der Waals surface area contributed by atoms with Gasteiger partial charge in [-0.3, -0.25) is 9.59 Å². The van der Waals surface area contributed by atoms with Gasteiger partial charge in [0.15, 0.2) is 0 Å². The van der Waals surface area contributed by atoms with Crippen LogP contribution >= 0.6 is 0 Å². The van der Waals surface area contributed by atoms with Gasteiger partial charge in [-0.2, -0.15) is 0 Å². The van der Waals surface area contributed by atoms with Crippen LogP contribution in [-0.4, -0.2) is 47.6 Å². The number of allylic oxidation sites excluding steroid dienone is 5. The van der Waals surface area contributed by atoms with Crippen molar-refractivity contribution in [1.82, 2.24) is 0 Å². The lowest BCUT2D eigenvalue weighted by Crippen LogP contribution is -2.25. The van der Waals surface area contributed by atoms with Gasteiger partial charge in [-0.1, -0.05) is 159 Å². The van der Waals surface area contributed by atoms with E-state index >= 15 is 0 Å². The van der Waals surface area contributed by atoms with Crippen LogP contribution in [0.25, 0.3) is 0 Å². The summed E-state index contributed by atoms with van der Waals surface area (Å²) in [6.45, 7) is 4.12. The van der Waals surface area contributed by atoms with Crippen LogP contribution in [0.2, 0.25) is 0 Å². The second-order valence-electron chi connectivity index (χ2n) is 12.5. The first-order valence-electron chi connectivity index (χ1n) is 18.6. The zero-order valence-electron chi connectivity index (χ0n) is 29.2. The fraction of sp³-hybridized carbons (Fsp3) is 0.795. The third-order valence-corrected chi connectivity index (χ3v) is 7.98. The van der Waals surface area contributed by atoms with Crippen LogP contribution in [0.1, 0.15) is 174 Å². The molecule has 1 unspecified atom stereocenters. The Labute approximate surface area is 277 Å². The van der Waals surface area contributed by atoms with E-state index in [-0.39, 0.29) is 25.6 Å². The molecule has 0 aliphatic carbocycles. The molecule has 0 radical (unpaired) electrons. The van der Waals surface area contributed by atoms with Crippen molar-refractivity contribution in [3.05, 3.63) is 36.5 Å². The Kier molecular flexibility index (Phi) is 33.5. The second-order valence-corrected chi connectivity index (χ2v) is 12.5. The van der Waals surface area contributed by atoms with E-state index in [2.05, 4.69) is 32.1 Å². The Bertz CT molecular complexity index is 744. The molecule has 6 heteroatoms. The van der Waals surface area contributed by atoms with Crippen molar-refractivity contribution in [3.8, 4) is 0 Å². The van der Waals surface area contributed by atoms with Crippen molar-refractivity contribution in [1.29, 1.82) is 0 Å². The van der Waals surface area contributed by atoms with E-state index in [1.807, 2.05) is 12.2 Å². The van der Waals surface area contributed by atoms with E-state index in [1.54, 1.807) is 6.08 Å². The maximum absolute atomic E-state index is 11.9. The lowest BCUT2D eigenvalue weighted by Gasteiger charge is -2.12. The standard InChI is InChI=1S/C39H70O6/c1-3-5-7-9-11-13-15-17-19-21-23-25-27-30-36(40)31-29-33-39(43)45-35-37(41)34-44-38(42)32-28-26-24-22-20-18-16-14-12-10-8-6-4-2/h17,19,23,25,27,30,36-37,40-41H,3-16,18,20-22,24,26,28-29,31-35H2,1-2H3/b19-17+,25-23+,30-27+/t36?,37-/m0/s1. The molecule has 6 nitrogen and oxygen atoms in total. The van der Waals surface area contributed by atoms with Crippen molar-refractivity contribution in [2.75, 3.05) is 13.2 Å². The highest BCUT2D eigenvalue weighted by Crippen LogP contribution is 2.13. The molecular weight excluding hydrogens is 564 g/mol. The van der Waals surface area contributed by atoms with Gasteiger partial charge in [0.05, 0.1) is 6.10 Å². The molecule has 0 saturated carbocycles. The number of unbranched alkanes of at least 4 members (excludes halogenated alkanes) is 18. The van der Waals surface area contributed by atoms with Gasteiger partial charge in [-0.15, -0.1) is 0 Å². The lowest BCUT2D eigenvalue weighted by atomic mass is 10.0. The van der Waals surface area contributed by atoms with Crippen LogP contribution in [-0.2, 0) is 19.1 Å². The van der Waals surface area contributed by atoms with E-state index in [9.17, 15) is 19.8 Å². The highest BCUT2D eigenvalue weighted by atomic mass is 16.6. The first-order valence-corrected chi connectivity index (χ1v) is 18.6. The Balaban J connectivity index is 3.63. The van der Waals surface area contributed by atoms with Gasteiger partial charge in [-0.05, 0) is 38.5 Å². The number of aliphatic hydroxyl groups is 2. The molecule has 0 rings (SSSR count). The number of esters is 2. The predicted molar refractivity (Wildman–Crippen MR) is 188 cm³/mol. The van der Waals surface area contributed by atoms with Crippen LogP contribution in [0.5, 0.6) is 0 Å². The van der Waals surface area contributed by atoms with Crippen molar-refractivity contribution < 1.29 is 29.3 Å². The molecule has 0 aromatic carbocycles. The van der Waals surface area contributed by atoms with Crippen LogP contribution in [0.4, 0.5) is 0 Å². The molecule has 0 aliphatic heterocycles. The Morgan fingerprint density at radius 3 is 1.56 bits per heavy atom. The van der Waals surface area contributed by atoms with Crippen LogP contribution in [0, 0.1) is 0 Å². The van der Waals surface area contributed by atoms with Gasteiger partial charge in [0.1, 0.15) is 19.3 Å². The minimum atomic E-state index is -1.03. The molecule has 2 atom stereocenters. The van der Waals surface area contributed by atoms with Gasteiger partial charge in [0.2, 0.25) is 0 Å². The third kappa shape index (κ3) is 34.8. The number of rotatable bonds is 33. The highest BCUT2D eigenvalue weighted by Gasteiger charge is 2.12. The Morgan fingerprint density at radius 1 is 0.556 bits per heavy atom. The summed E-state index contributed by atoms with van der Waals surface area (Å²) in [5.41, 5.74) is 0. The topological polar surface area (TPSA) is 93.1 Å². The van der Waals surface area contributed by atoms with E-state index in [0.29, 0.717) is 19.3 Å². The van der Waals surface area contributed by atoms with Crippen molar-refractivity contribution in [2.24, 2.45) is 0 Å². The molecule has 0 aliphatic rings. The Morgan fingerprint density at radius 2 is 1.02 bits per heavy atom. The monoisotopic (exact) mass is 635 g/mol. The zero-order valence-corrected chi connectivity index (χ0v) is 29.2. The summed E-state index contributed by atoms with van der Waals surface area (Å²) < 4.78 is 10.2. The normalized spacial score (nSPS) is 13.2. The molecule has 262 valence electrons. The first-order chi connectivity index (χ1) is 22.0. The zero-order chi connectivity index (χ0) is 33.1. The average molecular weight is 635 g/mol. The van der Waals surface area contributed by atoms with Gasteiger partial charge in [0.25, 0.3) is 0 Å². The summed E-state index contributed by atoms with van der Waals surface area (Å²) in [6, 6.07) is 0. The van der Waals surface area contributed by atoms with Crippen LogP contribution in [0.15, 0.2) is 36.5 Å². The second kappa shape index (κ2) is 34.9. The van der Waals surface area contributed by atoms with Gasteiger partial charge < -0.3 is 19.7 Å². The number of carbonyl (C=O) groups excluding carboxylic acids is 2. The summed E-state index contributed by atoms with van der Waals surface area (Å²) in [5, 5.41) is 20.1. The number of carbonyl (C=O) groups is 2. The summed E-state index contributed by atoms with van der Waals surface area (Å²) in [6.07, 6.45) is 38.0. The minimum Gasteiger partial charge on any atom is -0.463 e. The summed E-state index contributed by atoms with van der Waals surface area (Å²) in [5.74, 6) is -0.753. The van der Waals surface area contributed by atoms with E-state index in [1.165, 1.54) is 103 Å². The molecule has 0 amide bonds. The first kappa shape index (κ1) is 43.1. The molecule has 0 saturated heterocycles. The molecule has 0 spiro atoms. The number of ether oxygens (including phenoxy) is 2. The molecule has 0 aromatic heterocycles. The molecule has 0 fully saturated rings. The van der Waals surface area contributed by atoms with Crippen molar-refractivity contribution in [3.63, 3.8) is 0 Å². The highest BCUT2D eigenvalue weighted by molar-refractivity contribution is 5.69. The lowest BCUT2D eigenvalue weighted by molar-refractivity contribution is -0.152. The van der Waals surface area contributed by atoms with Gasteiger partial charge in [-0.25, -0.2) is 0 Å². The van der Waals surface area contributed by atoms with E-state index < -0.39 is 18.2 Å². The smallest absolute Gasteiger partial charge is 0.305 e. The maximum atomic E-state index is 11.9. The number of aliphatic hydroxyl groups excluding tert-OH is 2. The maximum Gasteiger partial charge on any atom is 0.305 e. The summed E-state index contributed by atoms with van der Waals surface area (Å²) in [4.78, 5) is 23.9. The molecule has 0 aromatic rings. The molecule has 45 heavy (non-hydrogen) atoms. The van der Waals surface area contributed by atoms with Gasteiger partial charge in [0, 0.05) is 12.8 Å². The average Bonchev–Trinajstić information content (AvgIpc) is 3.03. The largest absolute Gasteiger partial charge is 0.463 e. The number of hydrogen-bond acceptors (Lipinski definition) is 6. The van der Waals surface area contributed by atoms with Crippen LogP contribution < -0.4 is 0 Å². The number of hydrogen-bond donors (Lipinski definition) is 2. The molecular formula is C39H70O6. The quantitative estimate of drug-likeness (QED) is 0.0323. The third-order valence-electron chi connectivity index (χ3n) is 7.98. The predicted octanol–water partition coefficient (Wildman–Crippen LogP) is 10.3. The molecule has 0 heterocycles. The van der Waals surface area contributed by atoms with Crippen molar-refractivity contribution in [2.45, 2.75) is 187 Å². The minimum absolute atomic E-state index is 0.162. The fourth-order valence-electron chi connectivity index (χ4n) is 5.09. The van der Waals surface area contributed by atoms with E-state index in [4.69, 9.17) is 9.47 Å². The summed E-state index contributed by atoms with van der Waals surface area (Å²) in [7, 11) is 0. The van der Waals surface area contributed by atoms with Crippen molar-refractivity contribution >= 4 is 11.9 Å². The van der Waals surface area contributed by atoms with Gasteiger partial charge >= 0.3 is 11.9 Å². The molecule has 2 N–H and O–H groups in total. The Hall–Kier alpha value is -1.92. The van der Waals surface area contributed by atoms with Crippen LogP contribution in [0.3, 0.4) is 0 Å². The summed E-state index contributed by atoms with van der Waals surface area (Å²) >= 11 is 0. The molecule has 0 bridgehead atoms. The SMILES string of the molecule is CCCCCCCC/C=C/C/C=C/C=C/C(O)CCCC(=O)OC[C@@H](O)COC(=O)CCCCCCCCCCCCCCC.